The second-order valence-electron chi connectivity index (χ2n) is 9.33. The Morgan fingerprint density at radius 3 is 1.55 bits per heavy atom. The van der Waals surface area contributed by atoms with E-state index in [-0.39, 0.29) is 0 Å². The van der Waals surface area contributed by atoms with E-state index in [1.807, 2.05) is 0 Å². The largest absolute Gasteiger partial charge is 0.748 e. The molecule has 0 radical (unpaired) electrons. The molecule has 31 heavy (non-hydrogen) atoms. The third-order valence-corrected chi connectivity index (χ3v) is 5.57. The van der Waals surface area contributed by atoms with Crippen LogP contribution in [-0.2, 0) is 26.8 Å². The highest BCUT2D eigenvalue weighted by Crippen LogP contribution is 2.15. The summed E-state index contributed by atoms with van der Waals surface area (Å²) < 4.78 is 26.4. The number of rotatable bonds is 17. The van der Waals surface area contributed by atoms with Crippen LogP contribution in [0.15, 0.2) is 30.3 Å². The van der Waals surface area contributed by atoms with Crippen LogP contribution in [0.3, 0.4) is 0 Å². The first-order chi connectivity index (χ1) is 14.6. The molecule has 0 saturated carbocycles. The monoisotopic (exact) mass is 473 g/mol. The number of hydrogen-bond donors (Lipinski definition) is 1. The minimum absolute atomic E-state index is 1.11. The van der Waals surface area contributed by atoms with E-state index in [1.54, 1.807) is 0 Å². The Hall–Kier alpha value is -0.530. The van der Waals surface area contributed by atoms with E-state index < -0.39 is 9.05 Å². The molecule has 0 fully saturated rings. The third-order valence-electron chi connectivity index (χ3n) is 5.57. The average molecular weight is 474 g/mol. The van der Waals surface area contributed by atoms with Crippen LogP contribution in [-0.4, -0.2) is 38.4 Å². The van der Waals surface area contributed by atoms with Crippen LogP contribution >= 0.6 is 0 Å². The molecular formula is C25H47NO3S2. The van der Waals surface area contributed by atoms with Gasteiger partial charge in [0.2, 0.25) is 0 Å². The van der Waals surface area contributed by atoms with E-state index in [1.165, 1.54) is 102 Å². The van der Waals surface area contributed by atoms with Gasteiger partial charge < -0.3 is 13.6 Å². The Labute approximate surface area is 197 Å². The second-order valence-corrected chi connectivity index (χ2v) is 11.4. The molecule has 0 spiro atoms. The Kier molecular flexibility index (Phi) is 18.7. The smallest absolute Gasteiger partial charge is 0.104 e. The number of unbranched alkanes of at least 4 members (excludes halogenated alkanes) is 13. The zero-order valence-corrected chi connectivity index (χ0v) is 21.9. The minimum Gasteiger partial charge on any atom is -0.748 e. The first-order valence-electron chi connectivity index (χ1n) is 12.2. The number of quaternary nitrogens is 1. The lowest BCUT2D eigenvalue weighted by atomic mass is 10.0. The summed E-state index contributed by atoms with van der Waals surface area (Å²) >= 11 is 3.35. The van der Waals surface area contributed by atoms with E-state index >= 15 is 0 Å². The predicted octanol–water partition coefficient (Wildman–Crippen LogP) is 7.08. The Balaban J connectivity index is 0.00000161. The molecule has 1 atom stereocenters. The Bertz CT molecular complexity index is 611. The minimum atomic E-state index is -4.08. The van der Waals surface area contributed by atoms with Gasteiger partial charge in [-0.25, -0.2) is 4.21 Å². The standard InChI is InChI=1S/C25H46N.H2O3S2/c1-4-5-6-7-8-9-10-11-12-13-14-15-16-20-23-26(2,3)24-25-21-18-17-19-22-25;1-5(2,3)4/h17-19,21-22H,4-16,20,23-24H2,1-3H3;(H2,1,2,3,4)/q+1;/p-1. The van der Waals surface area contributed by atoms with Crippen molar-refractivity contribution in [1.29, 1.82) is 0 Å². The van der Waals surface area contributed by atoms with Gasteiger partial charge in [-0.15, -0.1) is 0 Å². The van der Waals surface area contributed by atoms with Crippen molar-refractivity contribution < 1.29 is 17.8 Å². The van der Waals surface area contributed by atoms with Crippen molar-refractivity contribution in [1.82, 2.24) is 0 Å². The fraction of sp³-hybridized carbons (Fsp3) is 0.760. The van der Waals surface area contributed by atoms with Crippen molar-refractivity contribution in [3.05, 3.63) is 35.9 Å². The summed E-state index contributed by atoms with van der Waals surface area (Å²) in [5.74, 6) is 0. The van der Waals surface area contributed by atoms with Crippen LogP contribution < -0.4 is 0 Å². The summed E-state index contributed by atoms with van der Waals surface area (Å²) in [6.07, 6.45) is 20.2. The summed E-state index contributed by atoms with van der Waals surface area (Å²) in [5.41, 5.74) is 1.46. The lowest BCUT2D eigenvalue weighted by molar-refractivity contribution is -0.903. The van der Waals surface area contributed by atoms with E-state index in [9.17, 15) is 0 Å². The van der Waals surface area contributed by atoms with Crippen molar-refractivity contribution in [3.63, 3.8) is 0 Å². The van der Waals surface area contributed by atoms with E-state index in [2.05, 4.69) is 62.5 Å². The fourth-order valence-corrected chi connectivity index (χ4v) is 3.89. The lowest BCUT2D eigenvalue weighted by Crippen LogP contribution is -2.39. The van der Waals surface area contributed by atoms with E-state index in [0.29, 0.717) is 0 Å². The van der Waals surface area contributed by atoms with Crippen LogP contribution in [0.4, 0.5) is 0 Å². The SMILES string of the molecule is CCCCCCCCCCCCCCCC[N+](C)(C)Cc1ccccc1.O=S([O-])(O)=S. The summed E-state index contributed by atoms with van der Waals surface area (Å²) in [5, 5.41) is 0. The maximum atomic E-state index is 9.00. The van der Waals surface area contributed by atoms with Gasteiger partial charge in [-0.05, 0) is 24.0 Å². The summed E-state index contributed by atoms with van der Waals surface area (Å²) in [6, 6.07) is 10.9. The van der Waals surface area contributed by atoms with E-state index in [4.69, 9.17) is 13.3 Å². The molecule has 0 aliphatic heterocycles. The predicted molar refractivity (Wildman–Crippen MR) is 136 cm³/mol. The van der Waals surface area contributed by atoms with Crippen molar-refractivity contribution in [3.8, 4) is 0 Å². The quantitative estimate of drug-likeness (QED) is 0.194. The lowest BCUT2D eigenvalue weighted by Gasteiger charge is -2.30. The number of hydrogen-bond acceptors (Lipinski definition) is 3. The topological polar surface area (TPSA) is 60.4 Å². The molecular weight excluding hydrogens is 426 g/mol. The molecule has 1 aromatic carbocycles. The van der Waals surface area contributed by atoms with Gasteiger partial charge in [0.25, 0.3) is 0 Å². The van der Waals surface area contributed by atoms with Gasteiger partial charge in [0.05, 0.1) is 29.7 Å². The zero-order valence-electron chi connectivity index (χ0n) is 20.2. The van der Waals surface area contributed by atoms with Gasteiger partial charge >= 0.3 is 0 Å². The van der Waals surface area contributed by atoms with Gasteiger partial charge in [0, 0.05) is 5.56 Å². The van der Waals surface area contributed by atoms with Gasteiger partial charge in [-0.2, -0.15) is 0 Å². The molecule has 0 aromatic heterocycles. The molecule has 0 bridgehead atoms. The maximum absolute atomic E-state index is 9.00. The van der Waals surface area contributed by atoms with Crippen LogP contribution in [0.5, 0.6) is 0 Å². The maximum Gasteiger partial charge on any atom is 0.104 e. The Morgan fingerprint density at radius 1 is 0.806 bits per heavy atom. The highest BCUT2D eigenvalue weighted by Gasteiger charge is 2.14. The van der Waals surface area contributed by atoms with Crippen LogP contribution in [0.1, 0.15) is 102 Å². The van der Waals surface area contributed by atoms with Crippen molar-refractivity contribution in [2.24, 2.45) is 0 Å². The molecule has 0 saturated heterocycles. The second kappa shape index (κ2) is 19.0. The van der Waals surface area contributed by atoms with Gasteiger partial charge in [-0.1, -0.05) is 114 Å². The molecule has 4 nitrogen and oxygen atoms in total. The molecule has 1 aromatic rings. The summed E-state index contributed by atoms with van der Waals surface area (Å²) in [6.45, 7) is 4.75. The third kappa shape index (κ3) is 25.6. The number of nitrogens with zero attached hydrogens (tertiary/aromatic N) is 1. The van der Waals surface area contributed by atoms with E-state index in [0.717, 1.165) is 11.0 Å². The van der Waals surface area contributed by atoms with Crippen LogP contribution in [0.2, 0.25) is 0 Å². The molecule has 0 aliphatic carbocycles. The first-order valence-corrected chi connectivity index (χ1v) is 14.5. The fourth-order valence-electron chi connectivity index (χ4n) is 3.89. The van der Waals surface area contributed by atoms with Gasteiger partial charge in [-0.3, -0.25) is 0 Å². The van der Waals surface area contributed by atoms with Crippen molar-refractivity contribution in [2.45, 2.75) is 103 Å². The highest BCUT2D eigenvalue weighted by atomic mass is 32.9. The van der Waals surface area contributed by atoms with Crippen molar-refractivity contribution in [2.75, 3.05) is 20.6 Å². The molecule has 0 amide bonds. The molecule has 6 heteroatoms. The molecule has 0 aliphatic rings. The number of benzene rings is 1. The van der Waals surface area contributed by atoms with Crippen molar-refractivity contribution >= 4 is 20.2 Å². The van der Waals surface area contributed by atoms with Gasteiger partial charge in [0.1, 0.15) is 6.54 Å². The highest BCUT2D eigenvalue weighted by molar-refractivity contribution is 8.26. The molecule has 0 heterocycles. The summed E-state index contributed by atoms with van der Waals surface area (Å²) in [7, 11) is 0.657. The van der Waals surface area contributed by atoms with Crippen LogP contribution in [0.25, 0.3) is 0 Å². The van der Waals surface area contributed by atoms with Crippen LogP contribution in [0, 0.1) is 0 Å². The first kappa shape index (κ1) is 30.5. The molecule has 182 valence electrons. The van der Waals surface area contributed by atoms with Gasteiger partial charge in [0.15, 0.2) is 0 Å². The normalized spacial score (nSPS) is 13.3. The summed E-state index contributed by atoms with van der Waals surface area (Å²) in [4.78, 5) is 0. The zero-order chi connectivity index (χ0) is 23.4. The average Bonchev–Trinajstić information content (AvgIpc) is 2.67. The Morgan fingerprint density at radius 2 is 1.16 bits per heavy atom. The molecule has 1 unspecified atom stereocenters. The molecule has 1 N–H and O–H groups in total. The molecule has 1 rings (SSSR count).